The van der Waals surface area contributed by atoms with E-state index in [1.165, 1.54) is 0 Å². The minimum Gasteiger partial charge on any atom is -0.461 e. The summed E-state index contributed by atoms with van der Waals surface area (Å²) in [5, 5.41) is 5.15. The fraction of sp³-hybridized carbons (Fsp3) is 0.615. The van der Waals surface area contributed by atoms with Gasteiger partial charge in [-0.25, -0.2) is 14.4 Å². The number of carbonyl (C=O) groups is 3. The third-order valence-electron chi connectivity index (χ3n) is 2.62. The summed E-state index contributed by atoms with van der Waals surface area (Å²) < 4.78 is 9.14. The van der Waals surface area contributed by atoms with Crippen LogP contribution in [0.25, 0.3) is 0 Å². The molecular formula is C13H24N3O5P. The van der Waals surface area contributed by atoms with Crippen LogP contribution < -0.4 is 10.6 Å². The average molecular weight is 333 g/mol. The van der Waals surface area contributed by atoms with Crippen LogP contribution in [0.4, 0.5) is 9.59 Å². The van der Waals surface area contributed by atoms with E-state index in [2.05, 4.69) is 21.7 Å². The molecular weight excluding hydrogens is 309 g/mol. The topological polar surface area (TPSA) is 97.0 Å². The zero-order valence-electron chi connectivity index (χ0n) is 12.8. The maximum absolute atomic E-state index is 12.0. The van der Waals surface area contributed by atoms with Crippen molar-refractivity contribution in [2.24, 2.45) is 0 Å². The van der Waals surface area contributed by atoms with E-state index in [4.69, 9.17) is 4.74 Å². The van der Waals surface area contributed by atoms with Gasteiger partial charge >= 0.3 is 18.1 Å². The summed E-state index contributed by atoms with van der Waals surface area (Å²) in [6.07, 6.45) is 2.29. The zero-order valence-corrected chi connectivity index (χ0v) is 14.0. The first kappa shape index (κ1) is 20.2. The molecule has 0 spiro atoms. The molecule has 0 saturated heterocycles. The van der Waals surface area contributed by atoms with Crippen LogP contribution in [0.15, 0.2) is 12.7 Å². The summed E-state index contributed by atoms with van der Waals surface area (Å²) in [6, 6.07) is -0.274. The van der Waals surface area contributed by atoms with Gasteiger partial charge in [0, 0.05) is 25.7 Å². The summed E-state index contributed by atoms with van der Waals surface area (Å²) in [6.45, 7) is 6.81. The van der Waals surface area contributed by atoms with Crippen LogP contribution in [0.2, 0.25) is 0 Å². The van der Waals surface area contributed by atoms with Gasteiger partial charge in [0.05, 0.1) is 16.0 Å². The van der Waals surface area contributed by atoms with Crippen molar-refractivity contribution in [3.05, 3.63) is 12.7 Å². The molecule has 0 aromatic carbocycles. The van der Waals surface area contributed by atoms with E-state index in [0.29, 0.717) is 13.1 Å². The minimum atomic E-state index is -0.572. The standard InChI is InChI=1S/C13H24N3O5P/c1-3-5-8-16(9-6-15-13(19)21-22)12(18)14-7-10-20-11(17)4-2/h4H,2-3,5-10,22H2,1H3,(H,14,18)(H,15,19). The first-order valence-corrected chi connectivity index (χ1v) is 7.48. The highest BCUT2D eigenvalue weighted by Crippen LogP contribution is 1.96. The number of ether oxygens (including phenoxy) is 1. The molecule has 0 bridgehead atoms. The smallest absolute Gasteiger partial charge is 0.409 e. The second-order valence-electron chi connectivity index (χ2n) is 4.28. The molecule has 3 amide bonds. The first-order valence-electron chi connectivity index (χ1n) is 7.01. The molecule has 0 aliphatic carbocycles. The number of nitrogens with zero attached hydrogens (tertiary/aromatic N) is 1. The molecule has 0 heterocycles. The van der Waals surface area contributed by atoms with Gasteiger partial charge in [-0.2, -0.15) is 0 Å². The molecule has 8 nitrogen and oxygen atoms in total. The summed E-state index contributed by atoms with van der Waals surface area (Å²) in [5.41, 5.74) is 0. The number of hydrogen-bond donors (Lipinski definition) is 2. The van der Waals surface area contributed by atoms with E-state index in [9.17, 15) is 14.4 Å². The molecule has 2 N–H and O–H groups in total. The lowest BCUT2D eigenvalue weighted by molar-refractivity contribution is -0.137. The van der Waals surface area contributed by atoms with Gasteiger partial charge in [-0.05, 0) is 6.42 Å². The van der Waals surface area contributed by atoms with Gasteiger partial charge in [-0.1, -0.05) is 19.9 Å². The van der Waals surface area contributed by atoms with Crippen LogP contribution in [0.1, 0.15) is 19.8 Å². The Hall–Kier alpha value is -1.82. The van der Waals surface area contributed by atoms with E-state index in [0.717, 1.165) is 18.9 Å². The van der Waals surface area contributed by atoms with Crippen LogP contribution in [0.5, 0.6) is 0 Å². The molecule has 0 rings (SSSR count). The van der Waals surface area contributed by atoms with E-state index in [-0.39, 0.29) is 25.7 Å². The lowest BCUT2D eigenvalue weighted by atomic mass is 10.3. The molecule has 0 aliphatic rings. The van der Waals surface area contributed by atoms with Crippen LogP contribution >= 0.6 is 9.47 Å². The molecule has 0 fully saturated rings. The Morgan fingerprint density at radius 1 is 1.23 bits per heavy atom. The van der Waals surface area contributed by atoms with Crippen molar-refractivity contribution in [1.82, 2.24) is 15.5 Å². The summed E-state index contributed by atoms with van der Waals surface area (Å²) in [5.74, 6) is -0.530. The first-order chi connectivity index (χ1) is 10.5. The maximum Gasteiger partial charge on any atom is 0.409 e. The van der Waals surface area contributed by atoms with Gasteiger partial charge in [-0.15, -0.1) is 0 Å². The number of esters is 1. The molecule has 0 aliphatic heterocycles. The van der Waals surface area contributed by atoms with Crippen molar-refractivity contribution in [3.63, 3.8) is 0 Å². The van der Waals surface area contributed by atoms with Gasteiger partial charge in [0.1, 0.15) is 6.61 Å². The summed E-state index contributed by atoms with van der Waals surface area (Å²) in [7, 11) is 1.85. The number of nitrogens with one attached hydrogen (secondary N) is 2. The highest BCUT2D eigenvalue weighted by atomic mass is 31.0. The lowest BCUT2D eigenvalue weighted by Gasteiger charge is -2.23. The molecule has 1 atom stereocenters. The van der Waals surface area contributed by atoms with E-state index >= 15 is 0 Å². The van der Waals surface area contributed by atoms with Gasteiger partial charge in [-0.3, -0.25) is 0 Å². The normalized spacial score (nSPS) is 9.55. The molecule has 0 radical (unpaired) electrons. The monoisotopic (exact) mass is 333 g/mol. The predicted octanol–water partition coefficient (Wildman–Crippen LogP) is 1.04. The second kappa shape index (κ2) is 12.9. The number of unbranched alkanes of at least 4 members (excludes halogenated alkanes) is 1. The fourth-order valence-electron chi connectivity index (χ4n) is 1.48. The van der Waals surface area contributed by atoms with E-state index in [1.54, 1.807) is 4.90 Å². The molecule has 0 aromatic heterocycles. The Labute approximate surface area is 132 Å². The quantitative estimate of drug-likeness (QED) is 0.269. The van der Waals surface area contributed by atoms with Crippen molar-refractivity contribution in [2.45, 2.75) is 19.8 Å². The number of carbonyl (C=O) groups excluding carboxylic acids is 3. The van der Waals surface area contributed by atoms with Crippen molar-refractivity contribution >= 4 is 27.6 Å². The second-order valence-corrected chi connectivity index (χ2v) is 4.51. The van der Waals surface area contributed by atoms with Gasteiger partial charge in [0.15, 0.2) is 0 Å². The van der Waals surface area contributed by atoms with Crippen LogP contribution in [0.3, 0.4) is 0 Å². The molecule has 1 unspecified atom stereocenters. The SMILES string of the molecule is C=CC(=O)OCCNC(=O)N(CCCC)CCNC(=O)OP. The molecule has 126 valence electrons. The number of urea groups is 1. The van der Waals surface area contributed by atoms with Gasteiger partial charge in [0.25, 0.3) is 0 Å². The highest BCUT2D eigenvalue weighted by molar-refractivity contribution is 7.10. The third kappa shape index (κ3) is 9.99. The molecule has 0 aromatic rings. The Morgan fingerprint density at radius 3 is 2.55 bits per heavy atom. The van der Waals surface area contributed by atoms with E-state index in [1.807, 2.05) is 16.4 Å². The Balaban J connectivity index is 4.12. The fourth-order valence-corrected chi connectivity index (χ4v) is 1.56. The lowest BCUT2D eigenvalue weighted by Crippen LogP contribution is -2.45. The Kier molecular flexibility index (Phi) is 11.8. The third-order valence-corrected chi connectivity index (χ3v) is 2.83. The number of rotatable bonds is 10. The largest absolute Gasteiger partial charge is 0.461 e. The molecule has 22 heavy (non-hydrogen) atoms. The number of hydrogen-bond acceptors (Lipinski definition) is 5. The summed E-state index contributed by atoms with van der Waals surface area (Å²) in [4.78, 5) is 35.4. The minimum absolute atomic E-state index is 0.0792. The summed E-state index contributed by atoms with van der Waals surface area (Å²) >= 11 is 0. The van der Waals surface area contributed by atoms with Crippen molar-refractivity contribution in [2.75, 3.05) is 32.8 Å². The number of amides is 3. The van der Waals surface area contributed by atoms with Crippen LogP contribution in [-0.2, 0) is 14.1 Å². The highest BCUT2D eigenvalue weighted by Gasteiger charge is 2.12. The van der Waals surface area contributed by atoms with Crippen molar-refractivity contribution in [3.8, 4) is 0 Å². The van der Waals surface area contributed by atoms with Crippen LogP contribution in [-0.4, -0.2) is 55.8 Å². The molecule has 0 saturated carbocycles. The zero-order chi connectivity index (χ0) is 16.8. The van der Waals surface area contributed by atoms with E-state index < -0.39 is 12.1 Å². The average Bonchev–Trinajstić information content (AvgIpc) is 2.53. The van der Waals surface area contributed by atoms with Gasteiger partial charge in [0.2, 0.25) is 0 Å². The van der Waals surface area contributed by atoms with Gasteiger partial charge < -0.3 is 24.8 Å². The Bertz CT molecular complexity index is 379. The maximum atomic E-state index is 12.0. The van der Waals surface area contributed by atoms with Crippen molar-refractivity contribution in [1.29, 1.82) is 0 Å². The predicted molar refractivity (Wildman–Crippen MR) is 85.2 cm³/mol. The Morgan fingerprint density at radius 2 is 1.95 bits per heavy atom. The molecule has 9 heteroatoms. The van der Waals surface area contributed by atoms with Crippen LogP contribution in [0, 0.1) is 0 Å². The van der Waals surface area contributed by atoms with Crippen molar-refractivity contribution < 1.29 is 23.6 Å².